The molecule has 5 heteroatoms. The van der Waals surface area contributed by atoms with Gasteiger partial charge in [0.15, 0.2) is 0 Å². The van der Waals surface area contributed by atoms with Gasteiger partial charge in [0, 0.05) is 25.7 Å². The summed E-state index contributed by atoms with van der Waals surface area (Å²) in [6, 6.07) is 3.47. The number of phenols is 1. The number of phenolic OH excluding ortho intramolecular Hbond substituents is 1. The summed E-state index contributed by atoms with van der Waals surface area (Å²) in [7, 11) is 0. The Morgan fingerprint density at radius 3 is 2.83 bits per heavy atom. The van der Waals surface area contributed by atoms with E-state index in [0.29, 0.717) is 13.1 Å². The fourth-order valence-electron chi connectivity index (χ4n) is 2.19. The van der Waals surface area contributed by atoms with Gasteiger partial charge in [-0.05, 0) is 26.0 Å². The molecule has 0 bridgehead atoms. The monoisotopic (exact) mass is 252 g/mol. The van der Waals surface area contributed by atoms with Crippen LogP contribution in [0.2, 0.25) is 0 Å². The van der Waals surface area contributed by atoms with Gasteiger partial charge < -0.3 is 15.3 Å². The molecule has 1 saturated heterocycles. The molecule has 0 radical (unpaired) electrons. The standard InChI is InChI=1S/C13H17FN2O2/c1-13(2)8-15-5-6-16(13)12(18)10-4-3-9(14)7-11(10)17/h3-4,7,15,17H,5-6,8H2,1-2H3. The van der Waals surface area contributed by atoms with E-state index in [-0.39, 0.29) is 22.8 Å². The summed E-state index contributed by atoms with van der Waals surface area (Å²) in [5.41, 5.74) is -0.178. The van der Waals surface area contributed by atoms with Crippen LogP contribution in [0, 0.1) is 5.82 Å². The second-order valence-electron chi connectivity index (χ2n) is 5.11. The van der Waals surface area contributed by atoms with Gasteiger partial charge in [-0.1, -0.05) is 0 Å². The van der Waals surface area contributed by atoms with Crippen molar-refractivity contribution in [2.45, 2.75) is 19.4 Å². The maximum absolute atomic E-state index is 12.9. The Morgan fingerprint density at radius 1 is 1.50 bits per heavy atom. The fraction of sp³-hybridized carbons (Fsp3) is 0.462. The summed E-state index contributed by atoms with van der Waals surface area (Å²) >= 11 is 0. The van der Waals surface area contributed by atoms with Crippen molar-refractivity contribution in [3.63, 3.8) is 0 Å². The van der Waals surface area contributed by atoms with Gasteiger partial charge in [0.25, 0.3) is 5.91 Å². The average Bonchev–Trinajstić information content (AvgIpc) is 2.27. The number of benzene rings is 1. The van der Waals surface area contributed by atoms with Crippen LogP contribution in [0.15, 0.2) is 18.2 Å². The number of carbonyl (C=O) groups excluding carboxylic acids is 1. The third-order valence-corrected chi connectivity index (χ3v) is 3.24. The third kappa shape index (κ3) is 2.31. The summed E-state index contributed by atoms with van der Waals surface area (Å²) in [6.45, 7) is 5.90. The highest BCUT2D eigenvalue weighted by Gasteiger charge is 2.34. The average molecular weight is 252 g/mol. The summed E-state index contributed by atoms with van der Waals surface area (Å²) in [6.07, 6.45) is 0. The summed E-state index contributed by atoms with van der Waals surface area (Å²) < 4.78 is 12.9. The molecule has 1 aliphatic heterocycles. The highest BCUT2D eigenvalue weighted by molar-refractivity contribution is 5.97. The van der Waals surface area contributed by atoms with Crippen LogP contribution in [-0.2, 0) is 0 Å². The van der Waals surface area contributed by atoms with Gasteiger partial charge >= 0.3 is 0 Å². The Morgan fingerprint density at radius 2 is 2.22 bits per heavy atom. The Balaban J connectivity index is 2.30. The van der Waals surface area contributed by atoms with Crippen molar-refractivity contribution in [2.75, 3.05) is 19.6 Å². The van der Waals surface area contributed by atoms with Crippen LogP contribution in [0.25, 0.3) is 0 Å². The van der Waals surface area contributed by atoms with Crippen LogP contribution in [-0.4, -0.2) is 41.1 Å². The van der Waals surface area contributed by atoms with Crippen molar-refractivity contribution in [1.82, 2.24) is 10.2 Å². The molecule has 18 heavy (non-hydrogen) atoms. The zero-order chi connectivity index (χ0) is 13.3. The van der Waals surface area contributed by atoms with Gasteiger partial charge in [-0.3, -0.25) is 4.79 Å². The molecule has 0 unspecified atom stereocenters. The zero-order valence-corrected chi connectivity index (χ0v) is 10.5. The van der Waals surface area contributed by atoms with E-state index in [1.807, 2.05) is 13.8 Å². The van der Waals surface area contributed by atoms with Crippen LogP contribution >= 0.6 is 0 Å². The molecule has 98 valence electrons. The number of amides is 1. The van der Waals surface area contributed by atoms with Gasteiger partial charge in [0.05, 0.1) is 11.1 Å². The molecule has 0 aromatic heterocycles. The predicted molar refractivity (Wildman–Crippen MR) is 66.1 cm³/mol. The normalized spacial score (nSPS) is 18.7. The number of piperazine rings is 1. The number of nitrogens with zero attached hydrogens (tertiary/aromatic N) is 1. The molecule has 0 atom stereocenters. The molecule has 1 aromatic carbocycles. The Hall–Kier alpha value is -1.62. The van der Waals surface area contributed by atoms with E-state index < -0.39 is 5.82 Å². The lowest BCUT2D eigenvalue weighted by molar-refractivity contribution is 0.0474. The van der Waals surface area contributed by atoms with E-state index >= 15 is 0 Å². The predicted octanol–water partition coefficient (Wildman–Crippen LogP) is 1.36. The number of aromatic hydroxyl groups is 1. The van der Waals surface area contributed by atoms with Crippen molar-refractivity contribution in [3.05, 3.63) is 29.6 Å². The maximum Gasteiger partial charge on any atom is 0.258 e. The van der Waals surface area contributed by atoms with Gasteiger partial charge in [-0.15, -0.1) is 0 Å². The van der Waals surface area contributed by atoms with E-state index in [9.17, 15) is 14.3 Å². The van der Waals surface area contributed by atoms with Gasteiger partial charge in [0.1, 0.15) is 11.6 Å². The molecule has 1 aromatic rings. The second-order valence-corrected chi connectivity index (χ2v) is 5.11. The minimum Gasteiger partial charge on any atom is -0.507 e. The van der Waals surface area contributed by atoms with E-state index in [1.165, 1.54) is 12.1 Å². The van der Waals surface area contributed by atoms with E-state index in [1.54, 1.807) is 4.90 Å². The van der Waals surface area contributed by atoms with Crippen molar-refractivity contribution < 1.29 is 14.3 Å². The number of hydrogen-bond donors (Lipinski definition) is 2. The van der Waals surface area contributed by atoms with Crippen molar-refractivity contribution in [2.24, 2.45) is 0 Å². The number of carbonyl (C=O) groups is 1. The summed E-state index contributed by atoms with van der Waals surface area (Å²) in [4.78, 5) is 14.1. The van der Waals surface area contributed by atoms with Gasteiger partial charge in [-0.2, -0.15) is 0 Å². The van der Waals surface area contributed by atoms with Crippen LogP contribution in [0.3, 0.4) is 0 Å². The highest BCUT2D eigenvalue weighted by Crippen LogP contribution is 2.24. The van der Waals surface area contributed by atoms with Gasteiger partial charge in [0.2, 0.25) is 0 Å². The van der Waals surface area contributed by atoms with E-state index in [2.05, 4.69) is 5.32 Å². The molecule has 2 N–H and O–H groups in total. The van der Waals surface area contributed by atoms with Crippen LogP contribution in [0.5, 0.6) is 5.75 Å². The quantitative estimate of drug-likeness (QED) is 0.793. The Labute approximate surface area is 105 Å². The second kappa shape index (κ2) is 4.57. The van der Waals surface area contributed by atoms with E-state index in [4.69, 9.17) is 0 Å². The number of nitrogens with one attached hydrogen (secondary N) is 1. The molecule has 1 aliphatic rings. The smallest absolute Gasteiger partial charge is 0.258 e. The first-order chi connectivity index (χ1) is 8.42. The van der Waals surface area contributed by atoms with Crippen LogP contribution in [0.4, 0.5) is 4.39 Å². The first kappa shape index (κ1) is 12.8. The Bertz CT molecular complexity index is 474. The zero-order valence-electron chi connectivity index (χ0n) is 10.5. The number of halogens is 1. The first-order valence-electron chi connectivity index (χ1n) is 5.93. The summed E-state index contributed by atoms with van der Waals surface area (Å²) in [5, 5.41) is 12.9. The minimum atomic E-state index is -0.552. The van der Waals surface area contributed by atoms with Crippen molar-refractivity contribution in [3.8, 4) is 5.75 Å². The lowest BCUT2D eigenvalue weighted by Gasteiger charge is -2.42. The molecule has 4 nitrogen and oxygen atoms in total. The number of rotatable bonds is 1. The SMILES string of the molecule is CC1(C)CNCCN1C(=O)c1ccc(F)cc1O. The first-order valence-corrected chi connectivity index (χ1v) is 5.93. The molecule has 0 spiro atoms. The van der Waals surface area contributed by atoms with Crippen LogP contribution < -0.4 is 5.32 Å². The van der Waals surface area contributed by atoms with Crippen LogP contribution in [0.1, 0.15) is 24.2 Å². The molecule has 2 rings (SSSR count). The fourth-order valence-corrected chi connectivity index (χ4v) is 2.19. The summed E-state index contributed by atoms with van der Waals surface area (Å²) in [5.74, 6) is -1.13. The molecule has 0 saturated carbocycles. The molecule has 1 fully saturated rings. The Kier molecular flexibility index (Phi) is 3.26. The molecular formula is C13H17FN2O2. The molecule has 1 heterocycles. The van der Waals surface area contributed by atoms with E-state index in [0.717, 1.165) is 12.6 Å². The third-order valence-electron chi connectivity index (χ3n) is 3.24. The van der Waals surface area contributed by atoms with Gasteiger partial charge in [-0.25, -0.2) is 4.39 Å². The molecule has 1 amide bonds. The van der Waals surface area contributed by atoms with Crippen molar-refractivity contribution >= 4 is 5.91 Å². The molecule has 0 aliphatic carbocycles. The maximum atomic E-state index is 12.9. The highest BCUT2D eigenvalue weighted by atomic mass is 19.1. The number of hydrogen-bond acceptors (Lipinski definition) is 3. The lowest BCUT2D eigenvalue weighted by Crippen LogP contribution is -2.59. The largest absolute Gasteiger partial charge is 0.507 e. The van der Waals surface area contributed by atoms with Crippen molar-refractivity contribution in [1.29, 1.82) is 0 Å². The minimum absolute atomic E-state index is 0.145. The topological polar surface area (TPSA) is 52.6 Å². The molecular weight excluding hydrogens is 235 g/mol. The lowest BCUT2D eigenvalue weighted by atomic mass is 9.98.